The molecule has 0 aromatic heterocycles. The van der Waals surface area contributed by atoms with Crippen molar-refractivity contribution in [1.29, 1.82) is 0 Å². The molecule has 1 aliphatic heterocycles. The van der Waals surface area contributed by atoms with Crippen molar-refractivity contribution in [2.75, 3.05) is 13.2 Å². The fourth-order valence-corrected chi connectivity index (χ4v) is 2.08. The van der Waals surface area contributed by atoms with E-state index in [4.69, 9.17) is 4.74 Å². The van der Waals surface area contributed by atoms with Crippen molar-refractivity contribution in [1.82, 2.24) is 4.90 Å². The number of ether oxygens (including phenoxy) is 1. The third kappa shape index (κ3) is 3.47. The molecule has 0 bridgehead atoms. The van der Waals surface area contributed by atoms with Crippen molar-refractivity contribution in [3.05, 3.63) is 42.1 Å². The molecule has 106 valence electrons. The number of cyclic esters (lactones) is 1. The molecule has 1 aromatic rings. The Balaban J connectivity index is 2.26. The maximum Gasteiger partial charge on any atom is 0.414 e. The Labute approximate surface area is 119 Å². The van der Waals surface area contributed by atoms with Crippen LogP contribution in [0, 0.1) is 0 Å². The number of amides is 1. The summed E-state index contributed by atoms with van der Waals surface area (Å²) < 4.78 is 4.89. The molecule has 1 amide bonds. The second kappa shape index (κ2) is 6.89. The smallest absolute Gasteiger partial charge is 0.414 e. The van der Waals surface area contributed by atoms with Crippen LogP contribution in [-0.4, -0.2) is 29.9 Å². The molecule has 0 unspecified atom stereocenters. The van der Waals surface area contributed by atoms with Crippen LogP contribution in [0.25, 0.3) is 5.57 Å². The van der Waals surface area contributed by atoms with Gasteiger partial charge in [-0.1, -0.05) is 43.7 Å². The minimum absolute atomic E-state index is 0.0674. The molecular weight excluding hydrogens is 254 g/mol. The molecule has 0 aliphatic carbocycles. The lowest BCUT2D eigenvalue weighted by molar-refractivity contribution is -0.113. The summed E-state index contributed by atoms with van der Waals surface area (Å²) in [6, 6.07) is 9.45. The topological polar surface area (TPSA) is 46.6 Å². The molecule has 4 heteroatoms. The Morgan fingerprint density at radius 3 is 2.70 bits per heavy atom. The van der Waals surface area contributed by atoms with Crippen LogP contribution in [0.3, 0.4) is 0 Å². The third-order valence-corrected chi connectivity index (χ3v) is 3.22. The van der Waals surface area contributed by atoms with Gasteiger partial charge in [0, 0.05) is 18.2 Å². The fourth-order valence-electron chi connectivity index (χ4n) is 2.08. The second-order valence-electron chi connectivity index (χ2n) is 4.74. The molecule has 0 radical (unpaired) electrons. The van der Waals surface area contributed by atoms with Crippen LogP contribution >= 0.6 is 0 Å². The number of hydrogen-bond acceptors (Lipinski definition) is 3. The van der Waals surface area contributed by atoms with E-state index >= 15 is 0 Å². The van der Waals surface area contributed by atoms with Crippen LogP contribution in [0.2, 0.25) is 0 Å². The number of Topliss-reactive ketones (excluding diaryl/α,β-unsaturated/α-hetero) is 1. The quantitative estimate of drug-likeness (QED) is 0.747. The first-order valence-corrected chi connectivity index (χ1v) is 6.96. The van der Waals surface area contributed by atoms with Gasteiger partial charge in [-0.3, -0.25) is 9.69 Å². The number of carbonyl (C=O) groups excluding carboxylic acids is 2. The van der Waals surface area contributed by atoms with Crippen molar-refractivity contribution in [3.63, 3.8) is 0 Å². The molecular formula is C16H19NO3. The molecule has 1 aliphatic rings. The molecule has 0 saturated carbocycles. The molecule has 1 saturated heterocycles. The van der Waals surface area contributed by atoms with E-state index in [-0.39, 0.29) is 11.9 Å². The van der Waals surface area contributed by atoms with Gasteiger partial charge in [0.2, 0.25) is 0 Å². The van der Waals surface area contributed by atoms with Crippen molar-refractivity contribution < 1.29 is 14.3 Å². The predicted molar refractivity (Wildman–Crippen MR) is 77.0 cm³/mol. The number of ketones is 1. The summed E-state index contributed by atoms with van der Waals surface area (Å²) >= 11 is 0. The lowest BCUT2D eigenvalue weighted by Gasteiger charge is -2.11. The largest absolute Gasteiger partial charge is 0.447 e. The van der Waals surface area contributed by atoms with E-state index in [1.165, 1.54) is 4.90 Å². The zero-order valence-corrected chi connectivity index (χ0v) is 11.7. The minimum atomic E-state index is -0.387. The maximum atomic E-state index is 12.3. The van der Waals surface area contributed by atoms with Gasteiger partial charge in [0.15, 0.2) is 5.78 Å². The summed E-state index contributed by atoms with van der Waals surface area (Å²) in [5.74, 6) is 0.0674. The molecule has 20 heavy (non-hydrogen) atoms. The molecule has 2 rings (SSSR count). The van der Waals surface area contributed by atoms with E-state index in [9.17, 15) is 9.59 Å². The van der Waals surface area contributed by atoms with Crippen molar-refractivity contribution in [2.24, 2.45) is 0 Å². The average Bonchev–Trinajstić information content (AvgIpc) is 2.88. The Morgan fingerprint density at radius 2 is 2.10 bits per heavy atom. The lowest BCUT2D eigenvalue weighted by atomic mass is 9.99. The zero-order chi connectivity index (χ0) is 14.4. The van der Waals surface area contributed by atoms with Gasteiger partial charge in [0.05, 0.1) is 6.54 Å². The number of nitrogens with zero attached hydrogens (tertiary/aromatic N) is 1. The fraction of sp³-hybridized carbons (Fsp3) is 0.375. The molecule has 0 atom stereocenters. The summed E-state index contributed by atoms with van der Waals surface area (Å²) in [5.41, 5.74) is 1.42. The molecule has 0 spiro atoms. The Kier molecular flexibility index (Phi) is 4.93. The number of benzene rings is 1. The van der Waals surface area contributed by atoms with Crippen LogP contribution in [0.4, 0.5) is 4.79 Å². The highest BCUT2D eigenvalue weighted by molar-refractivity contribution is 6.20. The van der Waals surface area contributed by atoms with Crippen molar-refractivity contribution >= 4 is 17.4 Å². The third-order valence-electron chi connectivity index (χ3n) is 3.22. The van der Waals surface area contributed by atoms with Gasteiger partial charge >= 0.3 is 6.09 Å². The van der Waals surface area contributed by atoms with Crippen LogP contribution in [0.5, 0.6) is 0 Å². The van der Waals surface area contributed by atoms with Crippen LogP contribution in [-0.2, 0) is 9.53 Å². The van der Waals surface area contributed by atoms with E-state index in [1.807, 2.05) is 30.3 Å². The minimum Gasteiger partial charge on any atom is -0.447 e. The van der Waals surface area contributed by atoms with Gasteiger partial charge in [-0.2, -0.15) is 0 Å². The summed E-state index contributed by atoms with van der Waals surface area (Å²) in [6.07, 6.45) is 3.57. The number of hydrogen-bond donors (Lipinski definition) is 0. The van der Waals surface area contributed by atoms with E-state index in [1.54, 1.807) is 6.20 Å². The molecule has 4 nitrogen and oxygen atoms in total. The van der Waals surface area contributed by atoms with Crippen LogP contribution in [0.1, 0.15) is 31.7 Å². The monoisotopic (exact) mass is 273 g/mol. The van der Waals surface area contributed by atoms with E-state index < -0.39 is 0 Å². The Morgan fingerprint density at radius 1 is 1.35 bits per heavy atom. The predicted octanol–water partition coefficient (Wildman–Crippen LogP) is 3.24. The van der Waals surface area contributed by atoms with Crippen LogP contribution < -0.4 is 0 Å². The van der Waals surface area contributed by atoms with E-state index in [0.717, 1.165) is 18.4 Å². The first-order valence-electron chi connectivity index (χ1n) is 6.96. The highest BCUT2D eigenvalue weighted by Gasteiger charge is 2.22. The van der Waals surface area contributed by atoms with Crippen molar-refractivity contribution in [3.8, 4) is 0 Å². The summed E-state index contributed by atoms with van der Waals surface area (Å²) in [5, 5.41) is 0. The summed E-state index contributed by atoms with van der Waals surface area (Å²) in [4.78, 5) is 25.3. The highest BCUT2D eigenvalue weighted by atomic mass is 16.6. The number of rotatable bonds is 6. The standard InChI is InChI=1S/C16H19NO3/c1-2-3-9-15(18)14(13-7-5-4-6-8-13)12-17-10-11-20-16(17)19/h4-8,12H,2-3,9-11H2,1H3/b14-12+. The molecule has 1 heterocycles. The van der Waals surface area contributed by atoms with Gasteiger partial charge in [0.1, 0.15) is 6.61 Å². The summed E-state index contributed by atoms with van der Waals surface area (Å²) in [6.45, 7) is 2.92. The maximum absolute atomic E-state index is 12.3. The molecule has 1 aromatic carbocycles. The number of carbonyl (C=O) groups is 2. The molecule has 1 fully saturated rings. The molecule has 0 N–H and O–H groups in total. The van der Waals surface area contributed by atoms with Gasteiger partial charge in [-0.15, -0.1) is 0 Å². The Hall–Kier alpha value is -2.10. The SMILES string of the molecule is CCCCC(=O)/C(=C/N1CCOC1=O)c1ccccc1. The summed E-state index contributed by atoms with van der Waals surface area (Å²) in [7, 11) is 0. The number of allylic oxidation sites excluding steroid dienone is 1. The van der Waals surface area contributed by atoms with Crippen LogP contribution in [0.15, 0.2) is 36.5 Å². The lowest BCUT2D eigenvalue weighted by Crippen LogP contribution is -2.19. The average molecular weight is 273 g/mol. The van der Waals surface area contributed by atoms with Gasteiger partial charge in [-0.05, 0) is 12.0 Å². The second-order valence-corrected chi connectivity index (χ2v) is 4.74. The van der Waals surface area contributed by atoms with Gasteiger partial charge in [-0.25, -0.2) is 4.79 Å². The first-order chi connectivity index (χ1) is 9.72. The van der Waals surface area contributed by atoms with E-state index in [0.29, 0.717) is 25.1 Å². The highest BCUT2D eigenvalue weighted by Crippen LogP contribution is 2.20. The van der Waals surface area contributed by atoms with Gasteiger partial charge < -0.3 is 4.74 Å². The Bertz CT molecular complexity index is 508. The normalized spacial score (nSPS) is 15.3. The van der Waals surface area contributed by atoms with Gasteiger partial charge in [0.25, 0.3) is 0 Å². The van der Waals surface area contributed by atoms with Crippen molar-refractivity contribution in [2.45, 2.75) is 26.2 Å². The first kappa shape index (κ1) is 14.3. The van der Waals surface area contributed by atoms with E-state index in [2.05, 4.69) is 6.92 Å². The zero-order valence-electron chi connectivity index (χ0n) is 11.7. The number of unbranched alkanes of at least 4 members (excludes halogenated alkanes) is 1.